The van der Waals surface area contributed by atoms with E-state index < -0.39 is 0 Å². The molecule has 0 saturated carbocycles. The minimum absolute atomic E-state index is 0.362. The normalized spacial score (nSPS) is 11.3. The van der Waals surface area contributed by atoms with Crippen molar-refractivity contribution in [2.24, 2.45) is 0 Å². The molecule has 0 fully saturated rings. The first-order chi connectivity index (χ1) is 8.28. The molecule has 1 heteroatoms. The summed E-state index contributed by atoms with van der Waals surface area (Å²) in [5.74, 6) is 0. The van der Waals surface area contributed by atoms with Crippen molar-refractivity contribution in [1.82, 2.24) is 5.32 Å². The summed E-state index contributed by atoms with van der Waals surface area (Å²) in [4.78, 5) is 0. The van der Waals surface area contributed by atoms with Gasteiger partial charge in [0, 0.05) is 6.04 Å². The minimum atomic E-state index is 0.362. The molecule has 0 bridgehead atoms. The van der Waals surface area contributed by atoms with Crippen molar-refractivity contribution in [1.29, 1.82) is 0 Å². The fourth-order valence-electron chi connectivity index (χ4n) is 1.14. The Morgan fingerprint density at radius 1 is 1.18 bits per heavy atom. The summed E-state index contributed by atoms with van der Waals surface area (Å²) in [5, 5.41) is 3.19. The Hall–Kier alpha value is -0.820. The smallest absolute Gasteiger partial charge is 0.0284 e. The number of unbranched alkanes of at least 4 members (excludes halogenated alkanes) is 1. The van der Waals surface area contributed by atoms with E-state index in [2.05, 4.69) is 31.5 Å². The van der Waals surface area contributed by atoms with Gasteiger partial charge in [-0.25, -0.2) is 0 Å². The zero-order valence-electron chi connectivity index (χ0n) is 12.8. The van der Waals surface area contributed by atoms with Gasteiger partial charge in [0.2, 0.25) is 0 Å². The van der Waals surface area contributed by atoms with E-state index in [1.54, 1.807) is 0 Å². The van der Waals surface area contributed by atoms with Crippen molar-refractivity contribution in [2.45, 2.75) is 59.9 Å². The van der Waals surface area contributed by atoms with Crippen LogP contribution in [-0.2, 0) is 0 Å². The number of nitrogens with one attached hydrogen (secondary N) is 1. The zero-order valence-corrected chi connectivity index (χ0v) is 12.8. The number of hydrogen-bond donors (Lipinski definition) is 1. The number of likely N-dealkylation sites (N-methyl/N-ethyl adjacent to an activating group) is 1. The van der Waals surface area contributed by atoms with Crippen LogP contribution in [0.3, 0.4) is 0 Å². The Bertz CT molecular complexity index is 180. The molecule has 0 aromatic heterocycles. The fraction of sp³-hybridized carbons (Fsp3) is 0.625. The van der Waals surface area contributed by atoms with Crippen molar-refractivity contribution in [3.63, 3.8) is 0 Å². The Labute approximate surface area is 110 Å². The van der Waals surface area contributed by atoms with E-state index >= 15 is 0 Å². The van der Waals surface area contributed by atoms with E-state index in [9.17, 15) is 0 Å². The van der Waals surface area contributed by atoms with Crippen LogP contribution in [0.2, 0.25) is 0 Å². The molecule has 1 N–H and O–H groups in total. The molecular formula is C16H33N. The molecule has 0 radical (unpaired) electrons. The largest absolute Gasteiger partial charge is 0.313 e. The van der Waals surface area contributed by atoms with Crippen molar-refractivity contribution in [3.8, 4) is 0 Å². The summed E-state index contributed by atoms with van der Waals surface area (Å²) in [6, 6.07) is 0.362. The van der Waals surface area contributed by atoms with Crippen molar-refractivity contribution >= 4 is 0 Å². The van der Waals surface area contributed by atoms with E-state index in [-0.39, 0.29) is 0 Å². The number of rotatable bonds is 7. The molecule has 0 aliphatic carbocycles. The van der Waals surface area contributed by atoms with E-state index in [4.69, 9.17) is 0 Å². The van der Waals surface area contributed by atoms with Gasteiger partial charge in [-0.05, 0) is 19.9 Å². The van der Waals surface area contributed by atoms with Crippen LogP contribution in [0, 0.1) is 0 Å². The summed E-state index contributed by atoms with van der Waals surface area (Å²) < 4.78 is 0. The minimum Gasteiger partial charge on any atom is -0.313 e. The molecule has 102 valence electrons. The highest BCUT2D eigenvalue weighted by atomic mass is 14.9. The van der Waals surface area contributed by atoms with Crippen LogP contribution < -0.4 is 5.32 Å². The summed E-state index contributed by atoms with van der Waals surface area (Å²) in [7, 11) is 1.95. The lowest BCUT2D eigenvalue weighted by Crippen LogP contribution is -2.22. The molecule has 0 aliphatic heterocycles. The highest BCUT2D eigenvalue weighted by Crippen LogP contribution is 2.09. The molecule has 1 nitrogen and oxygen atoms in total. The zero-order chi connectivity index (χ0) is 14.1. The lowest BCUT2D eigenvalue weighted by atomic mass is 10.0. The van der Waals surface area contributed by atoms with Gasteiger partial charge in [0.25, 0.3) is 0 Å². The Morgan fingerprint density at radius 3 is 2.00 bits per heavy atom. The van der Waals surface area contributed by atoms with Gasteiger partial charge in [0.15, 0.2) is 0 Å². The van der Waals surface area contributed by atoms with Crippen molar-refractivity contribution in [3.05, 3.63) is 37.0 Å². The summed E-state index contributed by atoms with van der Waals surface area (Å²) in [6.45, 7) is 17.8. The lowest BCUT2D eigenvalue weighted by molar-refractivity contribution is 0.665. The van der Waals surface area contributed by atoms with Crippen LogP contribution in [0.1, 0.15) is 53.9 Å². The predicted molar refractivity (Wildman–Crippen MR) is 83.5 cm³/mol. The van der Waals surface area contributed by atoms with Crippen molar-refractivity contribution in [2.75, 3.05) is 7.05 Å². The second-order valence-electron chi connectivity index (χ2n) is 3.11. The molecular weight excluding hydrogens is 206 g/mol. The topological polar surface area (TPSA) is 12.0 Å². The number of allylic oxidation sites excluding steroid dienone is 2. The second kappa shape index (κ2) is 20.6. The summed E-state index contributed by atoms with van der Waals surface area (Å²) in [6.07, 6.45) is 9.43. The quantitative estimate of drug-likeness (QED) is 0.480. The van der Waals surface area contributed by atoms with E-state index in [1.807, 2.05) is 46.9 Å². The first kappa shape index (κ1) is 21.5. The Balaban J connectivity index is -0.000000439. The van der Waals surface area contributed by atoms with Crippen LogP contribution in [0.15, 0.2) is 37.0 Å². The summed E-state index contributed by atoms with van der Waals surface area (Å²) >= 11 is 0. The van der Waals surface area contributed by atoms with Crippen LogP contribution in [0.5, 0.6) is 0 Å². The first-order valence-electron chi connectivity index (χ1n) is 6.89. The van der Waals surface area contributed by atoms with Gasteiger partial charge < -0.3 is 5.32 Å². The van der Waals surface area contributed by atoms with Gasteiger partial charge in [-0.2, -0.15) is 0 Å². The van der Waals surface area contributed by atoms with Gasteiger partial charge in [0.1, 0.15) is 0 Å². The Kier molecular flexibility index (Phi) is 26.0. The van der Waals surface area contributed by atoms with Crippen LogP contribution in [-0.4, -0.2) is 13.1 Å². The third kappa shape index (κ3) is 15.2. The molecule has 0 aliphatic rings. The van der Waals surface area contributed by atoms with Crippen molar-refractivity contribution < 1.29 is 0 Å². The van der Waals surface area contributed by atoms with Gasteiger partial charge in [-0.3, -0.25) is 0 Å². The number of hydrogen-bond acceptors (Lipinski definition) is 1. The average molecular weight is 239 g/mol. The highest BCUT2D eigenvalue weighted by Gasteiger charge is 2.01. The van der Waals surface area contributed by atoms with Crippen LogP contribution in [0.25, 0.3) is 0 Å². The predicted octanol–water partition coefficient (Wildman–Crippen LogP) is 5.12. The van der Waals surface area contributed by atoms with E-state index in [0.717, 1.165) is 12.8 Å². The standard InChI is InChI=1S/C12H21N.2C2H6/c1-5-8-9-11(6-2)10-12(7-3)13-4;2*1-2/h6-7,9,12-13H,2-3,5,8,10H2,1,4H3;2*1-2H3/b11-9+;;. The average Bonchev–Trinajstić information content (AvgIpc) is 2.44. The third-order valence-electron chi connectivity index (χ3n) is 2.07. The molecule has 17 heavy (non-hydrogen) atoms. The third-order valence-corrected chi connectivity index (χ3v) is 2.07. The SMILES string of the molecule is C=C/C(=C\CCC)CC(C=C)NC.CC.CC. The maximum Gasteiger partial charge on any atom is 0.0284 e. The van der Waals surface area contributed by atoms with Gasteiger partial charge in [-0.15, -0.1) is 6.58 Å². The van der Waals surface area contributed by atoms with Gasteiger partial charge in [0.05, 0.1) is 0 Å². The molecule has 1 unspecified atom stereocenters. The first-order valence-corrected chi connectivity index (χ1v) is 6.89. The second-order valence-corrected chi connectivity index (χ2v) is 3.11. The van der Waals surface area contributed by atoms with Gasteiger partial charge >= 0.3 is 0 Å². The highest BCUT2D eigenvalue weighted by molar-refractivity contribution is 5.18. The maximum absolute atomic E-state index is 3.81. The lowest BCUT2D eigenvalue weighted by Gasteiger charge is -2.11. The maximum atomic E-state index is 3.81. The molecule has 0 heterocycles. The molecule has 0 aromatic rings. The van der Waals surface area contributed by atoms with Gasteiger partial charge in [-0.1, -0.05) is 71.4 Å². The van der Waals surface area contributed by atoms with E-state index in [1.165, 1.54) is 12.0 Å². The fourth-order valence-corrected chi connectivity index (χ4v) is 1.14. The molecule has 1 atom stereocenters. The monoisotopic (exact) mass is 239 g/mol. The molecule has 0 spiro atoms. The van der Waals surface area contributed by atoms with Crippen LogP contribution in [0.4, 0.5) is 0 Å². The molecule has 0 aromatic carbocycles. The summed E-state index contributed by atoms with van der Waals surface area (Å²) in [5.41, 5.74) is 1.31. The molecule has 0 amide bonds. The van der Waals surface area contributed by atoms with E-state index in [0.29, 0.717) is 6.04 Å². The Morgan fingerprint density at radius 2 is 1.71 bits per heavy atom. The molecule has 0 rings (SSSR count). The van der Waals surface area contributed by atoms with Crippen LogP contribution >= 0.6 is 0 Å². The molecule has 0 saturated heterocycles.